The zero-order chi connectivity index (χ0) is 21.1. The molecule has 0 unspecified atom stereocenters. The number of nitrogens with zero attached hydrogens (tertiary/aromatic N) is 3. The van der Waals surface area contributed by atoms with Crippen molar-refractivity contribution in [3.63, 3.8) is 0 Å². The SMILES string of the molecule is COc1ccc(C)cc1S(=O)(=O)NCCn1nc(-c2ccccn2)c2c1CCCC2. The number of hydrogen-bond donors (Lipinski definition) is 1. The predicted molar refractivity (Wildman–Crippen MR) is 115 cm³/mol. The van der Waals surface area contributed by atoms with Crippen molar-refractivity contribution in [3.8, 4) is 17.1 Å². The molecule has 0 spiro atoms. The second-order valence-corrected chi connectivity index (χ2v) is 9.21. The first-order valence-corrected chi connectivity index (χ1v) is 11.6. The molecule has 1 aliphatic carbocycles. The number of ether oxygens (including phenoxy) is 1. The Hall–Kier alpha value is -2.71. The van der Waals surface area contributed by atoms with Crippen molar-refractivity contribution < 1.29 is 13.2 Å². The van der Waals surface area contributed by atoms with E-state index in [-0.39, 0.29) is 11.4 Å². The summed E-state index contributed by atoms with van der Waals surface area (Å²) in [5.74, 6) is 0.335. The summed E-state index contributed by atoms with van der Waals surface area (Å²) >= 11 is 0. The molecule has 1 N–H and O–H groups in total. The van der Waals surface area contributed by atoms with E-state index < -0.39 is 10.0 Å². The zero-order valence-electron chi connectivity index (χ0n) is 17.3. The first-order valence-electron chi connectivity index (χ1n) is 10.1. The Morgan fingerprint density at radius 2 is 2.00 bits per heavy atom. The van der Waals surface area contributed by atoms with Gasteiger partial charge in [0, 0.05) is 24.0 Å². The van der Waals surface area contributed by atoms with E-state index in [1.165, 1.54) is 18.4 Å². The second kappa shape index (κ2) is 8.57. The first-order chi connectivity index (χ1) is 14.5. The van der Waals surface area contributed by atoms with Gasteiger partial charge in [-0.1, -0.05) is 12.1 Å². The molecule has 7 nitrogen and oxygen atoms in total. The van der Waals surface area contributed by atoms with Crippen LogP contribution in [0.2, 0.25) is 0 Å². The molecule has 0 amide bonds. The number of aryl methyl sites for hydroxylation is 1. The number of aromatic nitrogens is 3. The second-order valence-electron chi connectivity index (χ2n) is 7.47. The van der Waals surface area contributed by atoms with Gasteiger partial charge in [-0.3, -0.25) is 9.67 Å². The summed E-state index contributed by atoms with van der Waals surface area (Å²) in [5.41, 5.74) is 5.06. The minimum absolute atomic E-state index is 0.154. The molecule has 30 heavy (non-hydrogen) atoms. The summed E-state index contributed by atoms with van der Waals surface area (Å²) in [7, 11) is -2.22. The molecular weight excluding hydrogens is 400 g/mol. The molecule has 0 aliphatic heterocycles. The van der Waals surface area contributed by atoms with Gasteiger partial charge in [0.15, 0.2) is 0 Å². The summed E-state index contributed by atoms with van der Waals surface area (Å²) in [6, 6.07) is 10.9. The average molecular weight is 427 g/mol. The number of methoxy groups -OCH3 is 1. The van der Waals surface area contributed by atoms with Crippen LogP contribution in [0.4, 0.5) is 0 Å². The standard InChI is InChI=1S/C22H26N4O3S/c1-16-10-11-20(29-2)21(15-16)30(27,28)24-13-14-26-19-9-4-3-7-17(19)22(25-26)18-8-5-6-12-23-18/h5-6,8,10-12,15,24H,3-4,7,9,13-14H2,1-2H3. The quantitative estimate of drug-likeness (QED) is 0.627. The molecule has 0 saturated carbocycles. The first kappa shape index (κ1) is 20.6. The fraction of sp³-hybridized carbons (Fsp3) is 0.364. The molecule has 2 aromatic heterocycles. The van der Waals surface area contributed by atoms with E-state index in [0.717, 1.165) is 42.6 Å². The van der Waals surface area contributed by atoms with Crippen molar-refractivity contribution >= 4 is 10.0 Å². The molecule has 0 radical (unpaired) electrons. The Labute approximate surface area is 177 Å². The van der Waals surface area contributed by atoms with E-state index in [1.807, 2.05) is 35.9 Å². The maximum Gasteiger partial charge on any atom is 0.244 e. The van der Waals surface area contributed by atoms with Gasteiger partial charge >= 0.3 is 0 Å². The Morgan fingerprint density at radius 3 is 2.77 bits per heavy atom. The van der Waals surface area contributed by atoms with Crippen LogP contribution in [-0.4, -0.2) is 36.8 Å². The van der Waals surface area contributed by atoms with Crippen molar-refractivity contribution in [1.29, 1.82) is 0 Å². The molecule has 1 aromatic carbocycles. The van der Waals surface area contributed by atoms with Crippen molar-refractivity contribution in [1.82, 2.24) is 19.5 Å². The van der Waals surface area contributed by atoms with Crippen LogP contribution in [0.1, 0.15) is 29.7 Å². The van der Waals surface area contributed by atoms with Crippen molar-refractivity contribution in [2.45, 2.75) is 44.0 Å². The monoisotopic (exact) mass is 426 g/mol. The third kappa shape index (κ3) is 4.11. The summed E-state index contributed by atoms with van der Waals surface area (Å²) in [4.78, 5) is 4.61. The third-order valence-electron chi connectivity index (χ3n) is 5.39. The fourth-order valence-electron chi connectivity index (χ4n) is 3.92. The number of hydrogen-bond acceptors (Lipinski definition) is 5. The lowest BCUT2D eigenvalue weighted by atomic mass is 9.95. The summed E-state index contributed by atoms with van der Waals surface area (Å²) in [5, 5.41) is 4.80. The number of benzene rings is 1. The summed E-state index contributed by atoms with van der Waals surface area (Å²) in [6.45, 7) is 2.56. The predicted octanol–water partition coefficient (Wildman–Crippen LogP) is 3.12. The highest BCUT2D eigenvalue weighted by atomic mass is 32.2. The minimum Gasteiger partial charge on any atom is -0.495 e. The van der Waals surface area contributed by atoms with E-state index in [2.05, 4.69) is 9.71 Å². The third-order valence-corrected chi connectivity index (χ3v) is 6.87. The highest BCUT2D eigenvalue weighted by Gasteiger charge is 2.23. The van der Waals surface area contributed by atoms with Gasteiger partial charge in [-0.15, -0.1) is 0 Å². The number of sulfonamides is 1. The normalized spacial score (nSPS) is 13.8. The van der Waals surface area contributed by atoms with Crippen LogP contribution in [-0.2, 0) is 29.4 Å². The number of fused-ring (bicyclic) bond motifs is 1. The van der Waals surface area contributed by atoms with Crippen LogP contribution in [0.15, 0.2) is 47.5 Å². The van der Waals surface area contributed by atoms with Gasteiger partial charge in [-0.2, -0.15) is 5.10 Å². The van der Waals surface area contributed by atoms with E-state index in [4.69, 9.17) is 9.84 Å². The topological polar surface area (TPSA) is 86.1 Å². The Morgan fingerprint density at radius 1 is 1.17 bits per heavy atom. The minimum atomic E-state index is -3.69. The molecule has 158 valence electrons. The molecule has 1 aliphatic rings. The Kier molecular flexibility index (Phi) is 5.87. The lowest BCUT2D eigenvalue weighted by Gasteiger charge is -2.15. The van der Waals surface area contributed by atoms with E-state index in [1.54, 1.807) is 18.3 Å². The molecule has 0 atom stereocenters. The molecule has 0 fully saturated rings. The van der Waals surface area contributed by atoms with Crippen LogP contribution in [0.25, 0.3) is 11.4 Å². The van der Waals surface area contributed by atoms with Crippen molar-refractivity contribution in [2.24, 2.45) is 0 Å². The van der Waals surface area contributed by atoms with Gasteiger partial charge in [0.2, 0.25) is 10.0 Å². The van der Waals surface area contributed by atoms with Gasteiger partial charge < -0.3 is 4.74 Å². The van der Waals surface area contributed by atoms with Crippen LogP contribution >= 0.6 is 0 Å². The molecule has 0 saturated heterocycles. The molecular formula is C22H26N4O3S. The smallest absolute Gasteiger partial charge is 0.244 e. The summed E-state index contributed by atoms with van der Waals surface area (Å²) < 4.78 is 35.5. The number of pyridine rings is 1. The van der Waals surface area contributed by atoms with Gasteiger partial charge in [-0.25, -0.2) is 13.1 Å². The van der Waals surface area contributed by atoms with Gasteiger partial charge in [-0.05, 0) is 62.4 Å². The highest BCUT2D eigenvalue weighted by Crippen LogP contribution is 2.30. The summed E-state index contributed by atoms with van der Waals surface area (Å²) in [6.07, 6.45) is 5.96. The highest BCUT2D eigenvalue weighted by molar-refractivity contribution is 7.89. The Bertz CT molecular complexity index is 1140. The van der Waals surface area contributed by atoms with E-state index in [9.17, 15) is 8.42 Å². The van der Waals surface area contributed by atoms with Crippen molar-refractivity contribution in [2.75, 3.05) is 13.7 Å². The van der Waals surface area contributed by atoms with E-state index >= 15 is 0 Å². The van der Waals surface area contributed by atoms with Crippen LogP contribution in [0.3, 0.4) is 0 Å². The maximum atomic E-state index is 12.8. The van der Waals surface area contributed by atoms with Crippen LogP contribution < -0.4 is 9.46 Å². The van der Waals surface area contributed by atoms with Crippen LogP contribution in [0.5, 0.6) is 5.75 Å². The molecule has 2 heterocycles. The fourth-order valence-corrected chi connectivity index (χ4v) is 5.19. The number of nitrogens with one attached hydrogen (secondary N) is 1. The van der Waals surface area contributed by atoms with Gasteiger partial charge in [0.25, 0.3) is 0 Å². The van der Waals surface area contributed by atoms with Crippen molar-refractivity contribution in [3.05, 3.63) is 59.4 Å². The molecule has 0 bridgehead atoms. The Balaban J connectivity index is 1.55. The zero-order valence-corrected chi connectivity index (χ0v) is 18.1. The van der Waals surface area contributed by atoms with E-state index in [0.29, 0.717) is 12.3 Å². The van der Waals surface area contributed by atoms with Crippen LogP contribution in [0, 0.1) is 6.92 Å². The largest absolute Gasteiger partial charge is 0.495 e. The number of rotatable bonds is 7. The lowest BCUT2D eigenvalue weighted by Crippen LogP contribution is -2.28. The average Bonchev–Trinajstić information content (AvgIpc) is 3.13. The molecule has 3 aromatic rings. The van der Waals surface area contributed by atoms with Gasteiger partial charge in [0.1, 0.15) is 16.3 Å². The van der Waals surface area contributed by atoms with Gasteiger partial charge in [0.05, 0.1) is 19.3 Å². The molecule has 8 heteroatoms. The maximum absolute atomic E-state index is 12.8. The molecule has 4 rings (SSSR count). The lowest BCUT2D eigenvalue weighted by molar-refractivity contribution is 0.402.